The van der Waals surface area contributed by atoms with Crippen LogP contribution < -0.4 is 0 Å². The summed E-state index contributed by atoms with van der Waals surface area (Å²) in [5.41, 5.74) is 0. The number of rotatable bonds is 3. The minimum Gasteiger partial charge on any atom is -0.516 e. The molecule has 0 heterocycles. The van der Waals surface area contributed by atoms with E-state index in [2.05, 4.69) is 0 Å². The molecule has 0 saturated heterocycles. The van der Waals surface area contributed by atoms with Crippen molar-refractivity contribution in [3.8, 4) is 0 Å². The fraction of sp³-hybridized carbons (Fsp3) is 0.600. The summed E-state index contributed by atoms with van der Waals surface area (Å²) in [5.74, 6) is 0.278. The van der Waals surface area contributed by atoms with E-state index in [-0.39, 0.29) is 11.3 Å². The SMILES string of the molecule is OC=CC(Cl)C(Cl)CCl. The zero-order valence-corrected chi connectivity index (χ0v) is 6.87. The molecule has 0 aliphatic rings. The maximum Gasteiger partial charge on any atom is 0.0767 e. The molecule has 0 aromatic heterocycles. The van der Waals surface area contributed by atoms with E-state index in [1.807, 2.05) is 0 Å². The zero-order chi connectivity index (χ0) is 7.28. The van der Waals surface area contributed by atoms with E-state index in [4.69, 9.17) is 39.9 Å². The number of aliphatic hydroxyl groups excluding tert-OH is 1. The second-order valence-corrected chi connectivity index (χ2v) is 2.83. The van der Waals surface area contributed by atoms with Crippen LogP contribution in [0.3, 0.4) is 0 Å². The standard InChI is InChI=1S/C5H7Cl3O/c6-3-5(8)4(7)1-2-9/h1-2,4-5,9H,3H2. The van der Waals surface area contributed by atoms with Gasteiger partial charge in [0.15, 0.2) is 0 Å². The van der Waals surface area contributed by atoms with Crippen molar-refractivity contribution in [2.75, 3.05) is 5.88 Å². The van der Waals surface area contributed by atoms with E-state index in [0.717, 1.165) is 6.26 Å². The van der Waals surface area contributed by atoms with Crippen molar-refractivity contribution in [2.45, 2.75) is 10.8 Å². The average molecular weight is 189 g/mol. The Hall–Kier alpha value is 0.410. The van der Waals surface area contributed by atoms with Crippen LogP contribution in [0.2, 0.25) is 0 Å². The van der Waals surface area contributed by atoms with Crippen molar-refractivity contribution >= 4 is 34.8 Å². The quantitative estimate of drug-likeness (QED) is 0.534. The lowest BCUT2D eigenvalue weighted by Gasteiger charge is -2.06. The monoisotopic (exact) mass is 188 g/mol. The number of allylic oxidation sites excluding steroid dienone is 1. The van der Waals surface area contributed by atoms with E-state index >= 15 is 0 Å². The third-order valence-electron chi connectivity index (χ3n) is 0.763. The second-order valence-electron chi connectivity index (χ2n) is 1.46. The van der Waals surface area contributed by atoms with Gasteiger partial charge in [0.05, 0.1) is 17.0 Å². The van der Waals surface area contributed by atoms with E-state index in [0.29, 0.717) is 0 Å². The number of aliphatic hydroxyl groups is 1. The fourth-order valence-electron chi connectivity index (χ4n) is 0.288. The minimum absolute atomic E-state index is 0.278. The molecule has 0 aliphatic carbocycles. The van der Waals surface area contributed by atoms with Crippen molar-refractivity contribution in [3.05, 3.63) is 12.3 Å². The Morgan fingerprint density at radius 2 is 2.00 bits per heavy atom. The number of alkyl halides is 3. The molecule has 0 spiro atoms. The van der Waals surface area contributed by atoms with Gasteiger partial charge in [-0.05, 0) is 6.08 Å². The molecule has 4 heteroatoms. The summed E-state index contributed by atoms with van der Waals surface area (Å²) in [6.07, 6.45) is 2.24. The van der Waals surface area contributed by atoms with E-state index in [1.54, 1.807) is 0 Å². The first-order chi connectivity index (χ1) is 4.22. The number of hydrogen-bond acceptors (Lipinski definition) is 1. The third kappa shape index (κ3) is 3.90. The Morgan fingerprint density at radius 3 is 2.33 bits per heavy atom. The summed E-state index contributed by atoms with van der Waals surface area (Å²) >= 11 is 16.5. The smallest absolute Gasteiger partial charge is 0.0767 e. The average Bonchev–Trinajstić information content (AvgIpc) is 1.87. The number of hydrogen-bond donors (Lipinski definition) is 1. The maximum atomic E-state index is 8.21. The second kappa shape index (κ2) is 5.21. The molecule has 0 aromatic carbocycles. The Kier molecular flexibility index (Phi) is 5.45. The van der Waals surface area contributed by atoms with Crippen molar-refractivity contribution < 1.29 is 5.11 Å². The summed E-state index contributed by atoms with van der Waals surface area (Å²) in [6, 6.07) is 0. The van der Waals surface area contributed by atoms with Crippen LogP contribution in [0.15, 0.2) is 12.3 Å². The molecular weight excluding hydrogens is 182 g/mol. The van der Waals surface area contributed by atoms with Gasteiger partial charge in [-0.1, -0.05) is 0 Å². The van der Waals surface area contributed by atoms with E-state index in [1.165, 1.54) is 6.08 Å². The first kappa shape index (κ1) is 9.41. The topological polar surface area (TPSA) is 20.2 Å². The highest BCUT2D eigenvalue weighted by molar-refractivity contribution is 6.34. The Morgan fingerprint density at radius 1 is 1.44 bits per heavy atom. The van der Waals surface area contributed by atoms with Gasteiger partial charge < -0.3 is 5.11 Å². The van der Waals surface area contributed by atoms with Crippen molar-refractivity contribution in [1.29, 1.82) is 0 Å². The molecular formula is C5H7Cl3O. The first-order valence-corrected chi connectivity index (χ1v) is 3.78. The van der Waals surface area contributed by atoms with Crippen LogP contribution in [0.5, 0.6) is 0 Å². The van der Waals surface area contributed by atoms with E-state index in [9.17, 15) is 0 Å². The zero-order valence-electron chi connectivity index (χ0n) is 4.60. The molecule has 54 valence electrons. The van der Waals surface area contributed by atoms with Gasteiger partial charge in [-0.2, -0.15) is 0 Å². The summed E-state index contributed by atoms with van der Waals surface area (Å²) in [7, 11) is 0. The van der Waals surface area contributed by atoms with Gasteiger partial charge in [-0.15, -0.1) is 34.8 Å². The van der Waals surface area contributed by atoms with Crippen LogP contribution >= 0.6 is 34.8 Å². The molecule has 0 aliphatic heterocycles. The highest BCUT2D eigenvalue weighted by Crippen LogP contribution is 2.12. The molecule has 0 saturated carbocycles. The normalized spacial score (nSPS) is 18.1. The van der Waals surface area contributed by atoms with Crippen LogP contribution in [0.25, 0.3) is 0 Å². The molecule has 2 atom stereocenters. The van der Waals surface area contributed by atoms with Crippen LogP contribution in [0.4, 0.5) is 0 Å². The van der Waals surface area contributed by atoms with Gasteiger partial charge in [-0.3, -0.25) is 0 Å². The van der Waals surface area contributed by atoms with Gasteiger partial charge >= 0.3 is 0 Å². The Labute approximate surface area is 69.2 Å². The molecule has 0 aromatic rings. The predicted octanol–water partition coefficient (Wildman–Crippen LogP) is 2.51. The van der Waals surface area contributed by atoms with Gasteiger partial charge in [-0.25, -0.2) is 0 Å². The lowest BCUT2D eigenvalue weighted by molar-refractivity contribution is 0.471. The molecule has 9 heavy (non-hydrogen) atoms. The minimum atomic E-state index is -0.394. The molecule has 0 rings (SSSR count). The molecule has 0 radical (unpaired) electrons. The summed E-state index contributed by atoms with van der Waals surface area (Å²) in [6.45, 7) is 0. The van der Waals surface area contributed by atoms with Crippen LogP contribution in [0.1, 0.15) is 0 Å². The summed E-state index contributed by atoms with van der Waals surface area (Å²) < 4.78 is 0. The lowest BCUT2D eigenvalue weighted by atomic mass is 10.3. The highest BCUT2D eigenvalue weighted by atomic mass is 35.5. The highest BCUT2D eigenvalue weighted by Gasteiger charge is 2.11. The molecule has 2 unspecified atom stereocenters. The van der Waals surface area contributed by atoms with E-state index < -0.39 is 5.38 Å². The molecule has 0 amide bonds. The Bertz CT molecular complexity index is 94.2. The number of halogens is 3. The van der Waals surface area contributed by atoms with Crippen molar-refractivity contribution in [2.24, 2.45) is 0 Å². The van der Waals surface area contributed by atoms with Gasteiger partial charge in [0.25, 0.3) is 0 Å². The van der Waals surface area contributed by atoms with Crippen LogP contribution in [0, 0.1) is 0 Å². The summed E-state index contributed by atoms with van der Waals surface area (Å²) in [5, 5.41) is 7.50. The van der Waals surface area contributed by atoms with Gasteiger partial charge in [0.1, 0.15) is 0 Å². The summed E-state index contributed by atoms with van der Waals surface area (Å²) in [4.78, 5) is 0. The van der Waals surface area contributed by atoms with Crippen LogP contribution in [-0.4, -0.2) is 21.7 Å². The molecule has 1 nitrogen and oxygen atoms in total. The first-order valence-electron chi connectivity index (χ1n) is 2.37. The largest absolute Gasteiger partial charge is 0.516 e. The van der Waals surface area contributed by atoms with Gasteiger partial charge in [0, 0.05) is 5.88 Å². The lowest BCUT2D eigenvalue weighted by Crippen LogP contribution is -2.13. The molecule has 0 fully saturated rings. The predicted molar refractivity (Wildman–Crippen MR) is 41.8 cm³/mol. The molecule has 1 N–H and O–H groups in total. The van der Waals surface area contributed by atoms with Crippen molar-refractivity contribution in [3.63, 3.8) is 0 Å². The molecule has 0 bridgehead atoms. The fourth-order valence-corrected chi connectivity index (χ4v) is 0.809. The maximum absolute atomic E-state index is 8.21. The Balaban J connectivity index is 3.58. The van der Waals surface area contributed by atoms with Crippen molar-refractivity contribution in [1.82, 2.24) is 0 Å². The van der Waals surface area contributed by atoms with Crippen LogP contribution in [-0.2, 0) is 0 Å². The third-order valence-corrected chi connectivity index (χ3v) is 2.26. The van der Waals surface area contributed by atoms with Gasteiger partial charge in [0.2, 0.25) is 0 Å².